The van der Waals surface area contributed by atoms with Gasteiger partial charge < -0.3 is 4.74 Å². The minimum absolute atomic E-state index is 0.185. The van der Waals surface area contributed by atoms with Crippen molar-refractivity contribution in [1.29, 1.82) is 0 Å². The molecule has 0 atom stereocenters. The van der Waals surface area contributed by atoms with Crippen LogP contribution in [0.3, 0.4) is 0 Å². The van der Waals surface area contributed by atoms with Crippen LogP contribution in [0.25, 0.3) is 10.9 Å². The molecule has 0 amide bonds. The quantitative estimate of drug-likeness (QED) is 0.814. The van der Waals surface area contributed by atoms with Gasteiger partial charge in [-0.25, -0.2) is 17.7 Å². The van der Waals surface area contributed by atoms with E-state index in [1.807, 2.05) is 6.92 Å². The van der Waals surface area contributed by atoms with Crippen molar-refractivity contribution in [2.45, 2.75) is 11.8 Å². The van der Waals surface area contributed by atoms with Gasteiger partial charge in [0.25, 0.3) is 0 Å². The fourth-order valence-electron chi connectivity index (χ4n) is 1.84. The maximum absolute atomic E-state index is 12.3. The molecule has 0 saturated heterocycles. The van der Waals surface area contributed by atoms with Gasteiger partial charge in [-0.3, -0.25) is 0 Å². The van der Waals surface area contributed by atoms with E-state index in [2.05, 4.69) is 4.98 Å². The Balaban J connectivity index is 2.80. The van der Waals surface area contributed by atoms with Gasteiger partial charge in [0.1, 0.15) is 16.4 Å². The summed E-state index contributed by atoms with van der Waals surface area (Å²) >= 11 is 5.89. The molecule has 0 bridgehead atoms. The van der Waals surface area contributed by atoms with Crippen LogP contribution in [0.5, 0.6) is 5.75 Å². The first kappa shape index (κ1) is 15.0. The molecule has 1 aromatic carbocycles. The van der Waals surface area contributed by atoms with E-state index in [0.29, 0.717) is 23.3 Å². The average molecular weight is 315 g/mol. The second-order valence-electron chi connectivity index (χ2n) is 4.31. The molecule has 0 spiro atoms. The fraction of sp³-hybridized carbons (Fsp3) is 0.308. The molecule has 0 saturated carbocycles. The lowest BCUT2D eigenvalue weighted by Gasteiger charge is -2.15. The van der Waals surface area contributed by atoms with Crippen LogP contribution in [0.4, 0.5) is 0 Å². The standard InChI is InChI=1S/C13H15ClN2O3S/c1-4-19-10-6-7-11(20(17,18)16(2)3)9-5-8-12(14)15-13(9)10/h5-8H,4H2,1-3H3. The third-order valence-electron chi connectivity index (χ3n) is 2.80. The first-order valence-corrected chi connectivity index (χ1v) is 7.84. The highest BCUT2D eigenvalue weighted by atomic mass is 35.5. The molecule has 1 heterocycles. The van der Waals surface area contributed by atoms with E-state index in [4.69, 9.17) is 16.3 Å². The maximum atomic E-state index is 12.3. The van der Waals surface area contributed by atoms with Crippen LogP contribution in [0.1, 0.15) is 6.92 Å². The summed E-state index contributed by atoms with van der Waals surface area (Å²) < 4.78 is 31.3. The Morgan fingerprint density at radius 1 is 1.25 bits per heavy atom. The Kier molecular flexibility index (Phi) is 4.17. The Hall–Kier alpha value is -1.37. The number of benzene rings is 1. The van der Waals surface area contributed by atoms with E-state index >= 15 is 0 Å². The van der Waals surface area contributed by atoms with Gasteiger partial charge in [0.05, 0.1) is 11.5 Å². The van der Waals surface area contributed by atoms with E-state index in [0.717, 1.165) is 4.31 Å². The van der Waals surface area contributed by atoms with Crippen molar-refractivity contribution in [3.63, 3.8) is 0 Å². The van der Waals surface area contributed by atoms with E-state index in [-0.39, 0.29) is 10.0 Å². The van der Waals surface area contributed by atoms with Crippen molar-refractivity contribution in [1.82, 2.24) is 9.29 Å². The largest absolute Gasteiger partial charge is 0.492 e. The molecular formula is C13H15ClN2O3S. The Bertz CT molecular complexity index is 745. The monoisotopic (exact) mass is 314 g/mol. The second-order valence-corrected chi connectivity index (χ2v) is 6.82. The molecule has 2 rings (SSSR count). The summed E-state index contributed by atoms with van der Waals surface area (Å²) in [6.45, 7) is 2.31. The molecule has 0 fully saturated rings. The third kappa shape index (κ3) is 2.59. The number of sulfonamides is 1. The molecule has 2 aromatic rings. The highest BCUT2D eigenvalue weighted by molar-refractivity contribution is 7.89. The number of rotatable bonds is 4. The van der Waals surface area contributed by atoms with Crippen LogP contribution < -0.4 is 4.74 Å². The van der Waals surface area contributed by atoms with Gasteiger partial charge in [-0.15, -0.1) is 0 Å². The van der Waals surface area contributed by atoms with Crippen molar-refractivity contribution in [3.8, 4) is 5.75 Å². The highest BCUT2D eigenvalue weighted by Crippen LogP contribution is 2.31. The van der Waals surface area contributed by atoms with Crippen molar-refractivity contribution in [2.75, 3.05) is 20.7 Å². The van der Waals surface area contributed by atoms with Gasteiger partial charge in [0.2, 0.25) is 10.0 Å². The van der Waals surface area contributed by atoms with Gasteiger partial charge in [-0.05, 0) is 31.2 Å². The van der Waals surface area contributed by atoms with E-state index in [1.165, 1.54) is 20.2 Å². The summed E-state index contributed by atoms with van der Waals surface area (Å²) in [5.74, 6) is 0.516. The van der Waals surface area contributed by atoms with Gasteiger partial charge in [-0.2, -0.15) is 0 Å². The summed E-state index contributed by atoms with van der Waals surface area (Å²) in [5.41, 5.74) is 0.447. The predicted octanol–water partition coefficient (Wildman–Crippen LogP) is 2.54. The molecule has 1 aromatic heterocycles. The summed E-state index contributed by atoms with van der Waals surface area (Å²) in [7, 11) is -0.579. The average Bonchev–Trinajstić information content (AvgIpc) is 2.39. The van der Waals surface area contributed by atoms with E-state index < -0.39 is 10.0 Å². The number of nitrogens with zero attached hydrogens (tertiary/aromatic N) is 2. The zero-order valence-electron chi connectivity index (χ0n) is 11.4. The molecule has 0 aliphatic rings. The number of fused-ring (bicyclic) bond motifs is 1. The van der Waals surface area contributed by atoms with Gasteiger partial charge in [-0.1, -0.05) is 11.6 Å². The van der Waals surface area contributed by atoms with Crippen LogP contribution in [-0.4, -0.2) is 38.4 Å². The zero-order valence-corrected chi connectivity index (χ0v) is 13.0. The topological polar surface area (TPSA) is 59.5 Å². The highest BCUT2D eigenvalue weighted by Gasteiger charge is 2.22. The van der Waals surface area contributed by atoms with Gasteiger partial charge in [0.15, 0.2) is 0 Å². The Labute approximate surface area is 123 Å². The minimum Gasteiger partial charge on any atom is -0.492 e. The fourth-order valence-corrected chi connectivity index (χ4v) is 3.06. The third-order valence-corrected chi connectivity index (χ3v) is 4.89. The van der Waals surface area contributed by atoms with Crippen molar-refractivity contribution in [3.05, 3.63) is 29.4 Å². The summed E-state index contributed by atoms with van der Waals surface area (Å²) in [5, 5.41) is 0.784. The molecule has 20 heavy (non-hydrogen) atoms. The number of ether oxygens (including phenoxy) is 1. The van der Waals surface area contributed by atoms with E-state index in [9.17, 15) is 8.42 Å². The normalized spacial score (nSPS) is 12.1. The van der Waals surface area contributed by atoms with Gasteiger partial charge >= 0.3 is 0 Å². The number of halogens is 1. The van der Waals surface area contributed by atoms with Crippen LogP contribution >= 0.6 is 11.6 Å². The molecule has 0 N–H and O–H groups in total. The number of hydrogen-bond donors (Lipinski definition) is 0. The molecule has 5 nitrogen and oxygen atoms in total. The first-order valence-electron chi connectivity index (χ1n) is 6.02. The molecule has 7 heteroatoms. The maximum Gasteiger partial charge on any atom is 0.243 e. The molecule has 0 aliphatic heterocycles. The lowest BCUT2D eigenvalue weighted by molar-refractivity contribution is 0.343. The second kappa shape index (κ2) is 5.55. The van der Waals surface area contributed by atoms with Crippen molar-refractivity contribution >= 4 is 32.5 Å². The first-order chi connectivity index (χ1) is 9.37. The number of pyridine rings is 1. The smallest absolute Gasteiger partial charge is 0.243 e. The molecule has 0 unspecified atom stereocenters. The van der Waals surface area contributed by atoms with Crippen LogP contribution in [-0.2, 0) is 10.0 Å². The lowest BCUT2D eigenvalue weighted by Crippen LogP contribution is -2.22. The molecule has 108 valence electrons. The molecule has 0 aliphatic carbocycles. The zero-order chi connectivity index (χ0) is 14.9. The molecular weight excluding hydrogens is 300 g/mol. The molecule has 0 radical (unpaired) electrons. The van der Waals surface area contributed by atoms with E-state index in [1.54, 1.807) is 18.2 Å². The lowest BCUT2D eigenvalue weighted by atomic mass is 10.2. The SMILES string of the molecule is CCOc1ccc(S(=O)(=O)N(C)C)c2ccc(Cl)nc12. The van der Waals surface area contributed by atoms with Crippen LogP contribution in [0.15, 0.2) is 29.2 Å². The number of aromatic nitrogens is 1. The van der Waals surface area contributed by atoms with Crippen LogP contribution in [0.2, 0.25) is 5.15 Å². The minimum atomic E-state index is -3.55. The Morgan fingerprint density at radius 2 is 1.95 bits per heavy atom. The summed E-state index contributed by atoms with van der Waals surface area (Å²) in [6.07, 6.45) is 0. The summed E-state index contributed by atoms with van der Waals surface area (Å²) in [4.78, 5) is 4.37. The van der Waals surface area contributed by atoms with Crippen molar-refractivity contribution in [2.24, 2.45) is 0 Å². The van der Waals surface area contributed by atoms with Crippen LogP contribution in [0, 0.1) is 0 Å². The Morgan fingerprint density at radius 3 is 2.55 bits per heavy atom. The number of hydrogen-bond acceptors (Lipinski definition) is 4. The van der Waals surface area contributed by atoms with Gasteiger partial charge in [0, 0.05) is 19.5 Å². The predicted molar refractivity (Wildman–Crippen MR) is 78.8 cm³/mol. The van der Waals surface area contributed by atoms with Crippen molar-refractivity contribution < 1.29 is 13.2 Å². The summed E-state index contributed by atoms with van der Waals surface area (Å²) in [6, 6.07) is 6.33.